The van der Waals surface area contributed by atoms with Crippen LogP contribution < -0.4 is 10.9 Å². The fourth-order valence-corrected chi connectivity index (χ4v) is 4.07. The first-order chi connectivity index (χ1) is 13.7. The van der Waals surface area contributed by atoms with Crippen LogP contribution in [0.15, 0.2) is 77.9 Å². The lowest BCUT2D eigenvalue weighted by atomic mass is 10.1. The van der Waals surface area contributed by atoms with E-state index in [0.717, 1.165) is 22.4 Å². The van der Waals surface area contributed by atoms with E-state index in [1.165, 1.54) is 22.2 Å². The van der Waals surface area contributed by atoms with Gasteiger partial charge in [0.25, 0.3) is 5.56 Å². The summed E-state index contributed by atoms with van der Waals surface area (Å²) in [6, 6.07) is 21.8. The summed E-state index contributed by atoms with van der Waals surface area (Å²) in [6.45, 7) is 0.500. The van der Waals surface area contributed by atoms with Crippen LogP contribution in [0.4, 0.5) is 0 Å². The Morgan fingerprint density at radius 3 is 2.50 bits per heavy atom. The predicted molar refractivity (Wildman–Crippen MR) is 112 cm³/mol. The molecule has 0 fully saturated rings. The third-order valence-corrected chi connectivity index (χ3v) is 5.62. The van der Waals surface area contributed by atoms with Crippen LogP contribution in [0.5, 0.6) is 0 Å². The number of hydrogen-bond acceptors (Lipinski definition) is 4. The molecule has 0 saturated heterocycles. The molecule has 0 atom stereocenters. The lowest BCUT2D eigenvalue weighted by Crippen LogP contribution is -2.33. The summed E-state index contributed by atoms with van der Waals surface area (Å²) in [4.78, 5) is 30.3. The smallest absolute Gasteiger partial charge is 0.271 e. The maximum absolute atomic E-state index is 12.8. The molecule has 0 aliphatic rings. The fourth-order valence-electron chi connectivity index (χ4n) is 3.00. The number of carbonyl (C=O) groups is 1. The third kappa shape index (κ3) is 4.02. The molecule has 2 heterocycles. The summed E-state index contributed by atoms with van der Waals surface area (Å²) in [5.41, 5.74) is 2.69. The first-order valence-electron chi connectivity index (χ1n) is 9.06. The van der Waals surface area contributed by atoms with Crippen molar-refractivity contribution in [2.75, 3.05) is 6.54 Å². The van der Waals surface area contributed by atoms with Crippen molar-refractivity contribution >= 4 is 27.5 Å². The summed E-state index contributed by atoms with van der Waals surface area (Å²) in [7, 11) is 0. The number of hydrogen-bond donors (Lipinski definition) is 1. The highest BCUT2D eigenvalue weighted by Gasteiger charge is 2.12. The van der Waals surface area contributed by atoms with Gasteiger partial charge >= 0.3 is 0 Å². The van der Waals surface area contributed by atoms with Gasteiger partial charge in [0.05, 0.1) is 11.8 Å². The van der Waals surface area contributed by atoms with Gasteiger partial charge in [-0.2, -0.15) is 0 Å². The van der Waals surface area contributed by atoms with Crippen LogP contribution in [0.2, 0.25) is 0 Å². The van der Waals surface area contributed by atoms with Gasteiger partial charge in [-0.05, 0) is 23.6 Å². The average Bonchev–Trinajstić information content (AvgIpc) is 3.17. The van der Waals surface area contributed by atoms with Gasteiger partial charge in [-0.15, -0.1) is 11.3 Å². The predicted octanol–water partition coefficient (Wildman–Crippen LogP) is 3.48. The number of rotatable bonds is 6. The lowest BCUT2D eigenvalue weighted by Gasteiger charge is -2.07. The monoisotopic (exact) mass is 389 g/mol. The highest BCUT2D eigenvalue weighted by atomic mass is 32.1. The Morgan fingerprint density at radius 1 is 1.04 bits per heavy atom. The molecule has 5 nitrogen and oxygen atoms in total. The van der Waals surface area contributed by atoms with Crippen molar-refractivity contribution < 1.29 is 4.79 Å². The number of fused-ring (bicyclic) bond motifs is 1. The Hall–Kier alpha value is -3.25. The minimum absolute atomic E-state index is 0.0326. The van der Waals surface area contributed by atoms with Crippen molar-refractivity contribution in [1.82, 2.24) is 14.9 Å². The van der Waals surface area contributed by atoms with Crippen molar-refractivity contribution in [2.45, 2.75) is 13.0 Å². The topological polar surface area (TPSA) is 64.0 Å². The minimum Gasteiger partial charge on any atom is -0.354 e. The Labute approximate surface area is 166 Å². The number of aromatic nitrogens is 2. The summed E-state index contributed by atoms with van der Waals surface area (Å²) >= 11 is 1.41. The molecule has 1 N–H and O–H groups in total. The summed E-state index contributed by atoms with van der Waals surface area (Å²) < 4.78 is 1.93. The van der Waals surface area contributed by atoms with Crippen LogP contribution in [-0.2, 0) is 17.8 Å². The second-order valence-electron chi connectivity index (χ2n) is 6.45. The van der Waals surface area contributed by atoms with E-state index in [-0.39, 0.29) is 18.0 Å². The molecule has 0 spiro atoms. The van der Waals surface area contributed by atoms with Crippen molar-refractivity contribution in [2.24, 2.45) is 0 Å². The maximum Gasteiger partial charge on any atom is 0.271 e. The van der Waals surface area contributed by atoms with Gasteiger partial charge in [0.2, 0.25) is 5.91 Å². The SMILES string of the molecule is O=C(Cn1cnc2cc(-c3ccccc3)sc2c1=O)NCCc1ccccc1. The molecule has 28 heavy (non-hydrogen) atoms. The van der Waals surface area contributed by atoms with Crippen LogP contribution in [0.3, 0.4) is 0 Å². The zero-order valence-electron chi connectivity index (χ0n) is 15.2. The number of thiophene rings is 1. The van der Waals surface area contributed by atoms with Crippen LogP contribution in [0, 0.1) is 0 Å². The highest BCUT2D eigenvalue weighted by Crippen LogP contribution is 2.30. The zero-order valence-corrected chi connectivity index (χ0v) is 16.0. The van der Waals surface area contributed by atoms with Gasteiger partial charge in [0.1, 0.15) is 11.2 Å². The van der Waals surface area contributed by atoms with Crippen molar-refractivity contribution in [3.63, 3.8) is 0 Å². The van der Waals surface area contributed by atoms with Crippen LogP contribution in [0.25, 0.3) is 20.7 Å². The normalized spacial score (nSPS) is 10.9. The first kappa shape index (κ1) is 18.1. The molecular formula is C22H19N3O2S. The van der Waals surface area contributed by atoms with Gasteiger partial charge < -0.3 is 5.32 Å². The molecule has 0 saturated carbocycles. The Balaban J connectivity index is 1.46. The van der Waals surface area contributed by atoms with Gasteiger partial charge in [0.15, 0.2) is 0 Å². The minimum atomic E-state index is -0.195. The van der Waals surface area contributed by atoms with E-state index in [9.17, 15) is 9.59 Å². The van der Waals surface area contributed by atoms with Gasteiger partial charge in [-0.3, -0.25) is 14.2 Å². The molecule has 2 aromatic carbocycles. The van der Waals surface area contributed by atoms with Crippen LogP contribution in [0.1, 0.15) is 5.56 Å². The highest BCUT2D eigenvalue weighted by molar-refractivity contribution is 7.22. The lowest BCUT2D eigenvalue weighted by molar-refractivity contribution is -0.121. The van der Waals surface area contributed by atoms with Crippen molar-refractivity contribution in [1.29, 1.82) is 0 Å². The second kappa shape index (κ2) is 8.19. The summed E-state index contributed by atoms with van der Waals surface area (Å²) in [5.74, 6) is -0.195. The molecule has 140 valence electrons. The van der Waals surface area contributed by atoms with Gasteiger partial charge in [0, 0.05) is 11.4 Å². The molecule has 0 aliphatic carbocycles. The molecule has 0 bridgehead atoms. The number of nitrogens with zero attached hydrogens (tertiary/aromatic N) is 2. The summed E-state index contributed by atoms with van der Waals surface area (Å²) in [5, 5.41) is 2.86. The Kier molecular flexibility index (Phi) is 5.30. The van der Waals surface area contributed by atoms with E-state index in [4.69, 9.17) is 0 Å². The number of benzene rings is 2. The molecule has 0 radical (unpaired) electrons. The molecule has 2 aromatic heterocycles. The fraction of sp³-hybridized carbons (Fsp3) is 0.136. The van der Waals surface area contributed by atoms with Crippen LogP contribution >= 0.6 is 11.3 Å². The van der Waals surface area contributed by atoms with Crippen molar-refractivity contribution in [3.05, 3.63) is 89.0 Å². The van der Waals surface area contributed by atoms with E-state index in [0.29, 0.717) is 16.8 Å². The van der Waals surface area contributed by atoms with Gasteiger partial charge in [-0.1, -0.05) is 60.7 Å². The van der Waals surface area contributed by atoms with E-state index in [1.807, 2.05) is 66.7 Å². The summed E-state index contributed by atoms with van der Waals surface area (Å²) in [6.07, 6.45) is 2.20. The molecular weight excluding hydrogens is 370 g/mol. The molecule has 4 aromatic rings. The molecule has 6 heteroatoms. The Bertz CT molecular complexity index is 1150. The molecule has 0 aliphatic heterocycles. The third-order valence-electron chi connectivity index (χ3n) is 4.45. The maximum atomic E-state index is 12.8. The first-order valence-corrected chi connectivity index (χ1v) is 9.87. The number of carbonyl (C=O) groups excluding carboxylic acids is 1. The van der Waals surface area contributed by atoms with Crippen molar-refractivity contribution in [3.8, 4) is 10.4 Å². The standard InChI is InChI=1S/C22H19N3O2S/c26-20(23-12-11-16-7-3-1-4-8-16)14-25-15-24-18-13-19(28-21(18)22(25)27)17-9-5-2-6-10-17/h1-10,13,15H,11-12,14H2,(H,23,26). The molecule has 1 amide bonds. The second-order valence-corrected chi connectivity index (χ2v) is 7.51. The van der Waals surface area contributed by atoms with E-state index >= 15 is 0 Å². The van der Waals surface area contributed by atoms with E-state index in [2.05, 4.69) is 10.3 Å². The zero-order chi connectivity index (χ0) is 19.3. The van der Waals surface area contributed by atoms with Gasteiger partial charge in [-0.25, -0.2) is 4.98 Å². The average molecular weight is 389 g/mol. The molecule has 0 unspecified atom stereocenters. The number of nitrogens with one attached hydrogen (secondary N) is 1. The van der Waals surface area contributed by atoms with E-state index in [1.54, 1.807) is 0 Å². The van der Waals surface area contributed by atoms with Crippen LogP contribution in [-0.4, -0.2) is 22.0 Å². The molecule has 4 rings (SSSR count). The number of amides is 1. The quantitative estimate of drug-likeness (QED) is 0.549. The largest absolute Gasteiger partial charge is 0.354 e. The Morgan fingerprint density at radius 2 is 1.75 bits per heavy atom. The van der Waals surface area contributed by atoms with E-state index < -0.39 is 0 Å².